The lowest BCUT2D eigenvalue weighted by Crippen LogP contribution is -2.45. The summed E-state index contributed by atoms with van der Waals surface area (Å²) in [6.07, 6.45) is 2.25. The van der Waals surface area contributed by atoms with Crippen LogP contribution in [0.25, 0.3) is 0 Å². The summed E-state index contributed by atoms with van der Waals surface area (Å²) in [5, 5.41) is 3.33. The lowest BCUT2D eigenvalue weighted by atomic mass is 10.0. The molecular formula is C18H25BrClN3O2. The predicted octanol–water partition coefficient (Wildman–Crippen LogP) is 2.82. The van der Waals surface area contributed by atoms with E-state index in [9.17, 15) is 9.59 Å². The zero-order valence-electron chi connectivity index (χ0n) is 14.4. The Balaban J connectivity index is 0.00000225. The largest absolute Gasteiger partial charge is 0.338 e. The number of carbonyl (C=O) groups is 2. The molecule has 2 aliphatic rings. The fourth-order valence-electron chi connectivity index (χ4n) is 3.63. The maximum atomic E-state index is 13.0. The van der Waals surface area contributed by atoms with E-state index in [1.807, 2.05) is 29.2 Å². The molecule has 7 heteroatoms. The van der Waals surface area contributed by atoms with E-state index >= 15 is 0 Å². The molecule has 138 valence electrons. The van der Waals surface area contributed by atoms with Crippen molar-refractivity contribution in [1.82, 2.24) is 10.2 Å². The summed E-state index contributed by atoms with van der Waals surface area (Å²) in [7, 11) is 0. The second kappa shape index (κ2) is 9.01. The number of para-hydroxylation sites is 1. The van der Waals surface area contributed by atoms with Gasteiger partial charge in [0, 0.05) is 36.6 Å². The Kier molecular flexibility index (Phi) is 7.28. The van der Waals surface area contributed by atoms with Gasteiger partial charge in [-0.15, -0.1) is 12.4 Å². The molecule has 2 saturated heterocycles. The van der Waals surface area contributed by atoms with Crippen LogP contribution in [0, 0.1) is 5.92 Å². The number of anilines is 1. The van der Waals surface area contributed by atoms with Crippen LogP contribution in [0.5, 0.6) is 0 Å². The predicted molar refractivity (Wildman–Crippen MR) is 105 cm³/mol. The minimum Gasteiger partial charge on any atom is -0.338 e. The number of benzene rings is 1. The summed E-state index contributed by atoms with van der Waals surface area (Å²) in [5.74, 6) is -0.0774. The molecule has 1 aromatic carbocycles. The molecule has 2 fully saturated rings. The average molecular weight is 431 g/mol. The van der Waals surface area contributed by atoms with Gasteiger partial charge in [-0.25, -0.2) is 0 Å². The average Bonchev–Trinajstić information content (AvgIpc) is 3.22. The number of hydrogen-bond donors (Lipinski definition) is 1. The zero-order chi connectivity index (χ0) is 17.1. The maximum Gasteiger partial charge on any atom is 0.228 e. The Hall–Kier alpha value is -1.11. The molecule has 1 N–H and O–H groups in total. The normalized spacial score (nSPS) is 22.8. The third-order valence-electron chi connectivity index (χ3n) is 4.84. The molecule has 0 aliphatic carbocycles. The minimum atomic E-state index is -0.239. The van der Waals surface area contributed by atoms with Crippen molar-refractivity contribution in [2.75, 3.05) is 31.1 Å². The van der Waals surface area contributed by atoms with Gasteiger partial charge in [0.1, 0.15) is 0 Å². The van der Waals surface area contributed by atoms with Gasteiger partial charge in [-0.1, -0.05) is 19.1 Å². The fourth-order valence-corrected chi connectivity index (χ4v) is 4.13. The molecule has 2 unspecified atom stereocenters. The summed E-state index contributed by atoms with van der Waals surface area (Å²) in [4.78, 5) is 29.2. The highest BCUT2D eigenvalue weighted by molar-refractivity contribution is 9.10. The maximum absolute atomic E-state index is 13.0. The molecule has 0 spiro atoms. The van der Waals surface area contributed by atoms with Crippen LogP contribution < -0.4 is 10.2 Å². The first-order chi connectivity index (χ1) is 11.6. The molecule has 0 radical (unpaired) electrons. The van der Waals surface area contributed by atoms with Crippen molar-refractivity contribution in [3.8, 4) is 0 Å². The first-order valence-electron chi connectivity index (χ1n) is 8.68. The van der Waals surface area contributed by atoms with E-state index in [2.05, 4.69) is 28.2 Å². The number of nitrogens with zero attached hydrogens (tertiary/aromatic N) is 2. The fraction of sp³-hybridized carbons (Fsp3) is 0.556. The number of amides is 2. The SMILES string of the molecule is CCCN(C(=O)C1CC(=O)N(c2ccccc2Br)C1)C1CCNC1.Cl. The van der Waals surface area contributed by atoms with Gasteiger partial charge < -0.3 is 15.1 Å². The molecule has 2 atom stereocenters. The number of hydrogen-bond acceptors (Lipinski definition) is 3. The molecule has 3 rings (SSSR count). The highest BCUT2D eigenvalue weighted by Crippen LogP contribution is 2.32. The topological polar surface area (TPSA) is 52.7 Å². The Morgan fingerprint density at radius 1 is 1.40 bits per heavy atom. The van der Waals surface area contributed by atoms with Crippen LogP contribution in [0.15, 0.2) is 28.7 Å². The summed E-state index contributed by atoms with van der Waals surface area (Å²) >= 11 is 3.50. The van der Waals surface area contributed by atoms with Crippen molar-refractivity contribution in [3.63, 3.8) is 0 Å². The van der Waals surface area contributed by atoms with E-state index in [-0.39, 0.29) is 36.2 Å². The number of halogens is 2. The highest BCUT2D eigenvalue weighted by atomic mass is 79.9. The van der Waals surface area contributed by atoms with E-state index in [1.54, 1.807) is 4.90 Å². The second-order valence-electron chi connectivity index (χ2n) is 6.54. The third kappa shape index (κ3) is 4.36. The monoisotopic (exact) mass is 429 g/mol. The lowest BCUT2D eigenvalue weighted by Gasteiger charge is -2.30. The van der Waals surface area contributed by atoms with E-state index in [4.69, 9.17) is 0 Å². The Labute approximate surface area is 163 Å². The minimum absolute atomic E-state index is 0. The van der Waals surface area contributed by atoms with E-state index in [1.165, 1.54) is 0 Å². The van der Waals surface area contributed by atoms with Gasteiger partial charge in [0.05, 0.1) is 11.6 Å². The number of nitrogens with one attached hydrogen (secondary N) is 1. The van der Waals surface area contributed by atoms with Crippen LogP contribution in [-0.2, 0) is 9.59 Å². The standard InChI is InChI=1S/C18H24BrN3O2.ClH/c1-2-9-21(14-7-8-20-11-14)18(24)13-10-17(23)22(12-13)16-6-4-3-5-15(16)19;/h3-6,13-14,20H,2,7-12H2,1H3;1H. The van der Waals surface area contributed by atoms with Gasteiger partial charge in [0.15, 0.2) is 0 Å². The summed E-state index contributed by atoms with van der Waals surface area (Å²) in [5.41, 5.74) is 0.849. The number of rotatable bonds is 5. The Bertz CT molecular complexity index is 622. The molecule has 25 heavy (non-hydrogen) atoms. The van der Waals surface area contributed by atoms with Gasteiger partial charge in [-0.2, -0.15) is 0 Å². The quantitative estimate of drug-likeness (QED) is 0.781. The zero-order valence-corrected chi connectivity index (χ0v) is 16.8. The Morgan fingerprint density at radius 3 is 2.80 bits per heavy atom. The van der Waals surface area contributed by atoms with Crippen molar-refractivity contribution >= 4 is 45.8 Å². The van der Waals surface area contributed by atoms with Crippen molar-refractivity contribution in [3.05, 3.63) is 28.7 Å². The highest BCUT2D eigenvalue weighted by Gasteiger charge is 2.39. The van der Waals surface area contributed by atoms with Gasteiger partial charge in [0.2, 0.25) is 11.8 Å². The lowest BCUT2D eigenvalue weighted by molar-refractivity contribution is -0.137. The van der Waals surface area contributed by atoms with E-state index in [0.29, 0.717) is 13.0 Å². The van der Waals surface area contributed by atoms with Crippen molar-refractivity contribution in [2.24, 2.45) is 5.92 Å². The molecule has 5 nitrogen and oxygen atoms in total. The molecule has 1 aromatic rings. The van der Waals surface area contributed by atoms with Gasteiger partial charge in [-0.3, -0.25) is 9.59 Å². The van der Waals surface area contributed by atoms with Crippen molar-refractivity contribution in [2.45, 2.75) is 32.2 Å². The molecule has 2 amide bonds. The molecule has 0 bridgehead atoms. The van der Waals surface area contributed by atoms with E-state index in [0.717, 1.165) is 42.6 Å². The van der Waals surface area contributed by atoms with Gasteiger partial charge in [0.25, 0.3) is 0 Å². The Morgan fingerprint density at radius 2 is 2.16 bits per heavy atom. The smallest absolute Gasteiger partial charge is 0.228 e. The third-order valence-corrected chi connectivity index (χ3v) is 5.51. The molecule has 0 aromatic heterocycles. The van der Waals surface area contributed by atoms with Crippen molar-refractivity contribution in [1.29, 1.82) is 0 Å². The van der Waals surface area contributed by atoms with Gasteiger partial charge in [-0.05, 0) is 47.4 Å². The number of carbonyl (C=O) groups excluding carboxylic acids is 2. The molecule has 0 saturated carbocycles. The van der Waals surface area contributed by atoms with Crippen LogP contribution in [0.1, 0.15) is 26.2 Å². The van der Waals surface area contributed by atoms with Crippen LogP contribution in [-0.4, -0.2) is 48.9 Å². The molecular weight excluding hydrogens is 406 g/mol. The van der Waals surface area contributed by atoms with E-state index < -0.39 is 0 Å². The summed E-state index contributed by atoms with van der Waals surface area (Å²) in [6.45, 7) is 5.16. The summed E-state index contributed by atoms with van der Waals surface area (Å²) in [6, 6.07) is 7.94. The summed E-state index contributed by atoms with van der Waals surface area (Å²) < 4.78 is 0.886. The first-order valence-corrected chi connectivity index (χ1v) is 9.47. The van der Waals surface area contributed by atoms with Crippen LogP contribution in [0.2, 0.25) is 0 Å². The van der Waals surface area contributed by atoms with Crippen molar-refractivity contribution < 1.29 is 9.59 Å². The molecule has 2 heterocycles. The van der Waals surface area contributed by atoms with Crippen LogP contribution >= 0.6 is 28.3 Å². The first kappa shape index (κ1) is 20.2. The van der Waals surface area contributed by atoms with Crippen LogP contribution in [0.4, 0.5) is 5.69 Å². The van der Waals surface area contributed by atoms with Gasteiger partial charge >= 0.3 is 0 Å². The van der Waals surface area contributed by atoms with Crippen LogP contribution in [0.3, 0.4) is 0 Å². The molecule has 2 aliphatic heterocycles. The second-order valence-corrected chi connectivity index (χ2v) is 7.39.